The number of halogens is 1. The Bertz CT molecular complexity index is 556. The molecule has 4 rings (SSSR count). The van der Waals surface area contributed by atoms with Gasteiger partial charge >= 0.3 is 0 Å². The lowest BCUT2D eigenvalue weighted by molar-refractivity contribution is -0.133. The van der Waals surface area contributed by atoms with Crippen molar-refractivity contribution < 1.29 is 4.79 Å². The molecule has 3 fully saturated rings. The van der Waals surface area contributed by atoms with Crippen molar-refractivity contribution in [1.82, 2.24) is 10.2 Å². The Balaban J connectivity index is 0.00000169. The van der Waals surface area contributed by atoms with Crippen LogP contribution in [0.5, 0.6) is 0 Å². The van der Waals surface area contributed by atoms with Crippen molar-refractivity contribution in [2.24, 2.45) is 11.3 Å². The van der Waals surface area contributed by atoms with Gasteiger partial charge in [-0.15, -0.1) is 12.4 Å². The van der Waals surface area contributed by atoms with Gasteiger partial charge in [-0.25, -0.2) is 0 Å². The molecule has 0 bridgehead atoms. The molecule has 132 valence electrons. The lowest BCUT2D eigenvalue weighted by Gasteiger charge is -2.26. The molecule has 1 amide bonds. The summed E-state index contributed by atoms with van der Waals surface area (Å²) >= 11 is 0. The fourth-order valence-corrected chi connectivity index (χ4v) is 4.77. The van der Waals surface area contributed by atoms with Gasteiger partial charge in [0.05, 0.1) is 0 Å². The van der Waals surface area contributed by atoms with Crippen LogP contribution in [0.3, 0.4) is 0 Å². The highest BCUT2D eigenvalue weighted by Crippen LogP contribution is 2.59. The van der Waals surface area contributed by atoms with Crippen LogP contribution in [0.1, 0.15) is 50.0 Å². The van der Waals surface area contributed by atoms with Crippen LogP contribution in [0, 0.1) is 11.3 Å². The smallest absolute Gasteiger partial charge is 0.226 e. The van der Waals surface area contributed by atoms with E-state index in [4.69, 9.17) is 0 Å². The van der Waals surface area contributed by atoms with Crippen LogP contribution in [0.15, 0.2) is 30.3 Å². The van der Waals surface area contributed by atoms with Gasteiger partial charge in [0.1, 0.15) is 0 Å². The maximum absolute atomic E-state index is 12.9. The number of likely N-dealkylation sites (tertiary alicyclic amines) is 1. The fraction of sp³-hybridized carbons (Fsp3) is 0.650. The lowest BCUT2D eigenvalue weighted by atomic mass is 9.91. The number of nitrogens with zero attached hydrogens (tertiary/aromatic N) is 1. The van der Waals surface area contributed by atoms with Gasteiger partial charge in [0, 0.05) is 19.0 Å². The second-order valence-electron chi connectivity index (χ2n) is 7.73. The Labute approximate surface area is 151 Å². The van der Waals surface area contributed by atoms with Crippen molar-refractivity contribution in [2.75, 3.05) is 26.2 Å². The number of hydrogen-bond donors (Lipinski definition) is 1. The van der Waals surface area contributed by atoms with Crippen molar-refractivity contribution >= 4 is 18.3 Å². The predicted molar refractivity (Wildman–Crippen MR) is 99.5 cm³/mol. The van der Waals surface area contributed by atoms with E-state index in [2.05, 4.69) is 40.5 Å². The van der Waals surface area contributed by atoms with Crippen LogP contribution in [0.25, 0.3) is 0 Å². The zero-order valence-electron chi connectivity index (χ0n) is 14.4. The van der Waals surface area contributed by atoms with E-state index >= 15 is 0 Å². The van der Waals surface area contributed by atoms with Gasteiger partial charge in [-0.2, -0.15) is 0 Å². The van der Waals surface area contributed by atoms with Crippen molar-refractivity contribution in [3.8, 4) is 0 Å². The number of piperidine rings is 1. The maximum atomic E-state index is 12.9. The molecule has 1 aromatic carbocycles. The van der Waals surface area contributed by atoms with Gasteiger partial charge < -0.3 is 10.2 Å². The van der Waals surface area contributed by atoms with E-state index in [1.165, 1.54) is 24.8 Å². The quantitative estimate of drug-likeness (QED) is 0.885. The minimum Gasteiger partial charge on any atom is -0.342 e. The van der Waals surface area contributed by atoms with Gasteiger partial charge in [-0.05, 0) is 68.5 Å². The largest absolute Gasteiger partial charge is 0.342 e. The number of hydrogen-bond acceptors (Lipinski definition) is 2. The highest BCUT2D eigenvalue weighted by atomic mass is 35.5. The van der Waals surface area contributed by atoms with Crippen LogP contribution in [0.4, 0.5) is 0 Å². The van der Waals surface area contributed by atoms with Crippen LogP contribution in [0.2, 0.25) is 0 Å². The average Bonchev–Trinajstić information content (AvgIpc) is 3.34. The molecule has 2 unspecified atom stereocenters. The summed E-state index contributed by atoms with van der Waals surface area (Å²) in [5, 5.41) is 3.43. The standard InChI is InChI=1S/C20H28N2O.ClH/c23-19(18-15-20(18)9-11-21-12-10-20)22-13-4-7-17(8-14-22)16-5-2-1-3-6-16;/h1-3,5-6,17-18,21H,4,7-15H2;1H. The Morgan fingerprint density at radius 3 is 2.58 bits per heavy atom. The van der Waals surface area contributed by atoms with E-state index in [1.54, 1.807) is 0 Å². The molecule has 1 N–H and O–H groups in total. The van der Waals surface area contributed by atoms with E-state index in [0.717, 1.165) is 45.4 Å². The van der Waals surface area contributed by atoms with E-state index in [0.29, 0.717) is 23.2 Å². The summed E-state index contributed by atoms with van der Waals surface area (Å²) in [6.07, 6.45) is 7.02. The molecule has 1 spiro atoms. The third-order valence-electron chi connectivity index (χ3n) is 6.40. The second kappa shape index (κ2) is 7.45. The Kier molecular flexibility index (Phi) is 5.51. The van der Waals surface area contributed by atoms with E-state index in [9.17, 15) is 4.79 Å². The topological polar surface area (TPSA) is 32.3 Å². The number of carbonyl (C=O) groups excluding carboxylic acids is 1. The molecule has 1 saturated carbocycles. The second-order valence-corrected chi connectivity index (χ2v) is 7.73. The van der Waals surface area contributed by atoms with E-state index in [1.807, 2.05) is 0 Å². The zero-order valence-corrected chi connectivity index (χ0v) is 15.2. The third kappa shape index (κ3) is 3.48. The molecular formula is C20H29ClN2O. The number of rotatable bonds is 2. The molecule has 24 heavy (non-hydrogen) atoms. The molecular weight excluding hydrogens is 320 g/mol. The minimum absolute atomic E-state index is 0. The molecule has 4 heteroatoms. The molecule has 1 aromatic rings. The van der Waals surface area contributed by atoms with Gasteiger partial charge in [-0.1, -0.05) is 30.3 Å². The van der Waals surface area contributed by atoms with Gasteiger partial charge in [0.15, 0.2) is 0 Å². The molecule has 1 aliphatic carbocycles. The Morgan fingerprint density at radius 1 is 1.08 bits per heavy atom. The summed E-state index contributed by atoms with van der Waals surface area (Å²) in [6.45, 7) is 4.11. The van der Waals surface area contributed by atoms with E-state index < -0.39 is 0 Å². The first-order valence-electron chi connectivity index (χ1n) is 9.33. The van der Waals surface area contributed by atoms with Crippen molar-refractivity contribution in [1.29, 1.82) is 0 Å². The summed E-state index contributed by atoms with van der Waals surface area (Å²) in [6, 6.07) is 10.8. The first-order chi connectivity index (χ1) is 11.3. The average molecular weight is 349 g/mol. The number of benzene rings is 1. The predicted octanol–water partition coefficient (Wildman–Crippen LogP) is 3.59. The van der Waals surface area contributed by atoms with Crippen LogP contribution in [-0.4, -0.2) is 37.0 Å². The molecule has 3 aliphatic rings. The molecule has 3 nitrogen and oxygen atoms in total. The summed E-state index contributed by atoms with van der Waals surface area (Å²) in [5.41, 5.74) is 1.82. The van der Waals surface area contributed by atoms with Crippen LogP contribution >= 0.6 is 12.4 Å². The number of nitrogens with one attached hydrogen (secondary N) is 1. The summed E-state index contributed by atoms with van der Waals surface area (Å²) in [4.78, 5) is 15.1. The van der Waals surface area contributed by atoms with Gasteiger partial charge in [0.2, 0.25) is 5.91 Å². The SMILES string of the molecule is Cl.O=C(C1CC12CCNCC2)N1CCCC(c2ccccc2)CC1. The molecule has 2 saturated heterocycles. The van der Waals surface area contributed by atoms with Crippen molar-refractivity contribution in [2.45, 2.75) is 44.4 Å². The van der Waals surface area contributed by atoms with E-state index in [-0.39, 0.29) is 12.4 Å². The Hall–Kier alpha value is -1.06. The van der Waals surface area contributed by atoms with Crippen LogP contribution < -0.4 is 5.32 Å². The first kappa shape index (κ1) is 17.8. The highest BCUT2D eigenvalue weighted by Gasteiger charge is 2.58. The summed E-state index contributed by atoms with van der Waals surface area (Å²) < 4.78 is 0. The number of amides is 1. The summed E-state index contributed by atoms with van der Waals surface area (Å²) in [5.74, 6) is 1.42. The minimum atomic E-state index is 0. The first-order valence-corrected chi connectivity index (χ1v) is 9.33. The van der Waals surface area contributed by atoms with Crippen molar-refractivity contribution in [3.63, 3.8) is 0 Å². The molecule has 2 aliphatic heterocycles. The van der Waals surface area contributed by atoms with Gasteiger partial charge in [0.25, 0.3) is 0 Å². The monoisotopic (exact) mass is 348 g/mol. The maximum Gasteiger partial charge on any atom is 0.226 e. The molecule has 0 aromatic heterocycles. The zero-order chi connectivity index (χ0) is 15.7. The molecule has 2 heterocycles. The lowest BCUT2D eigenvalue weighted by Crippen LogP contribution is -2.37. The highest BCUT2D eigenvalue weighted by molar-refractivity contribution is 5.85. The molecule has 0 radical (unpaired) electrons. The Morgan fingerprint density at radius 2 is 1.83 bits per heavy atom. The number of carbonyl (C=O) groups is 1. The van der Waals surface area contributed by atoms with Crippen molar-refractivity contribution in [3.05, 3.63) is 35.9 Å². The fourth-order valence-electron chi connectivity index (χ4n) is 4.77. The molecule has 2 atom stereocenters. The van der Waals surface area contributed by atoms with Gasteiger partial charge in [-0.3, -0.25) is 4.79 Å². The third-order valence-corrected chi connectivity index (χ3v) is 6.40. The van der Waals surface area contributed by atoms with Crippen LogP contribution in [-0.2, 0) is 4.79 Å². The normalized spacial score (nSPS) is 28.8. The summed E-state index contributed by atoms with van der Waals surface area (Å²) in [7, 11) is 0.